The van der Waals surface area contributed by atoms with Gasteiger partial charge in [0.15, 0.2) is 0 Å². The minimum Gasteiger partial charge on any atom is -0.396 e. The van der Waals surface area contributed by atoms with Crippen LogP contribution in [0.3, 0.4) is 0 Å². The number of rotatable bonds is 4. The third-order valence-electron chi connectivity index (χ3n) is 2.60. The number of hydrogen-bond donors (Lipinski definition) is 2. The van der Waals surface area contributed by atoms with E-state index in [2.05, 4.69) is 19.2 Å². The van der Waals surface area contributed by atoms with Crippen LogP contribution in [-0.4, -0.2) is 24.3 Å². The molecule has 0 radical (unpaired) electrons. The lowest BCUT2D eigenvalue weighted by Crippen LogP contribution is -2.39. The fraction of sp³-hybridized carbons (Fsp3) is 1.00. The maximum Gasteiger partial charge on any atom is 0.0462 e. The van der Waals surface area contributed by atoms with E-state index in [9.17, 15) is 0 Å². The van der Waals surface area contributed by atoms with Gasteiger partial charge in [-0.15, -0.1) is 0 Å². The summed E-state index contributed by atoms with van der Waals surface area (Å²) < 4.78 is 0. The zero-order valence-corrected chi connectivity index (χ0v) is 7.51. The lowest BCUT2D eigenvalue weighted by Gasteiger charge is -2.35. The molecule has 2 N–H and O–H groups in total. The standard InChI is InChI=1S/C9H19NO/c1-7(2)10-5-8-3-4-9(8)6-11/h7-11H,3-6H2,1-2H3/t8-,9-/m0/s1. The van der Waals surface area contributed by atoms with E-state index in [0.717, 1.165) is 12.5 Å². The Morgan fingerprint density at radius 2 is 2.00 bits per heavy atom. The van der Waals surface area contributed by atoms with Crippen LogP contribution >= 0.6 is 0 Å². The van der Waals surface area contributed by atoms with Gasteiger partial charge in [0.1, 0.15) is 0 Å². The first-order valence-corrected chi connectivity index (χ1v) is 4.58. The monoisotopic (exact) mass is 157 g/mol. The largest absolute Gasteiger partial charge is 0.396 e. The molecule has 1 aliphatic carbocycles. The number of hydrogen-bond acceptors (Lipinski definition) is 2. The van der Waals surface area contributed by atoms with Gasteiger partial charge in [-0.2, -0.15) is 0 Å². The summed E-state index contributed by atoms with van der Waals surface area (Å²) in [5, 5.41) is 12.3. The molecule has 0 saturated heterocycles. The Balaban J connectivity index is 2.07. The molecular weight excluding hydrogens is 138 g/mol. The summed E-state index contributed by atoms with van der Waals surface area (Å²) in [7, 11) is 0. The quantitative estimate of drug-likeness (QED) is 0.638. The Morgan fingerprint density at radius 1 is 1.36 bits per heavy atom. The minimum absolute atomic E-state index is 0.379. The number of aliphatic hydroxyl groups is 1. The van der Waals surface area contributed by atoms with Crippen LogP contribution in [0, 0.1) is 11.8 Å². The highest BCUT2D eigenvalue weighted by Crippen LogP contribution is 2.32. The van der Waals surface area contributed by atoms with Gasteiger partial charge in [-0.1, -0.05) is 13.8 Å². The predicted octanol–water partition coefficient (Wildman–Crippen LogP) is 1.00. The van der Waals surface area contributed by atoms with Crippen LogP contribution < -0.4 is 5.32 Å². The first-order valence-electron chi connectivity index (χ1n) is 4.58. The molecule has 1 rings (SSSR count). The Kier molecular flexibility index (Phi) is 3.34. The second kappa shape index (κ2) is 4.07. The van der Waals surface area contributed by atoms with Gasteiger partial charge in [0.05, 0.1) is 0 Å². The number of aliphatic hydroxyl groups excluding tert-OH is 1. The van der Waals surface area contributed by atoms with Crippen molar-refractivity contribution in [2.75, 3.05) is 13.2 Å². The van der Waals surface area contributed by atoms with E-state index in [-0.39, 0.29) is 0 Å². The molecule has 11 heavy (non-hydrogen) atoms. The lowest BCUT2D eigenvalue weighted by atomic mass is 9.74. The molecule has 0 aliphatic heterocycles. The van der Waals surface area contributed by atoms with Gasteiger partial charge < -0.3 is 10.4 Å². The van der Waals surface area contributed by atoms with Crippen molar-refractivity contribution in [2.45, 2.75) is 32.7 Å². The fourth-order valence-electron chi connectivity index (χ4n) is 1.53. The average molecular weight is 157 g/mol. The summed E-state index contributed by atoms with van der Waals surface area (Å²) in [6, 6.07) is 0.579. The van der Waals surface area contributed by atoms with Crippen LogP contribution in [0.15, 0.2) is 0 Å². The Bertz CT molecular complexity index is 112. The van der Waals surface area contributed by atoms with Crippen molar-refractivity contribution in [1.29, 1.82) is 0 Å². The number of nitrogens with one attached hydrogen (secondary N) is 1. The molecule has 0 amide bonds. The Labute approximate surface area is 69.0 Å². The first-order chi connectivity index (χ1) is 5.24. The molecule has 0 unspecified atom stereocenters. The third kappa shape index (κ3) is 2.46. The summed E-state index contributed by atoms with van der Waals surface area (Å²) >= 11 is 0. The molecule has 2 nitrogen and oxygen atoms in total. The zero-order valence-electron chi connectivity index (χ0n) is 7.51. The minimum atomic E-state index is 0.379. The normalized spacial score (nSPS) is 30.5. The van der Waals surface area contributed by atoms with Crippen molar-refractivity contribution >= 4 is 0 Å². The molecule has 66 valence electrons. The van der Waals surface area contributed by atoms with E-state index < -0.39 is 0 Å². The Hall–Kier alpha value is -0.0800. The smallest absolute Gasteiger partial charge is 0.0462 e. The van der Waals surface area contributed by atoms with Gasteiger partial charge in [-0.3, -0.25) is 0 Å². The second-order valence-electron chi connectivity index (χ2n) is 3.84. The Morgan fingerprint density at radius 3 is 2.36 bits per heavy atom. The SMILES string of the molecule is CC(C)NC[C@@H]1CC[C@H]1CO. The van der Waals surface area contributed by atoms with Crippen LogP contribution in [-0.2, 0) is 0 Å². The van der Waals surface area contributed by atoms with Crippen molar-refractivity contribution in [3.05, 3.63) is 0 Å². The van der Waals surface area contributed by atoms with Crippen molar-refractivity contribution in [3.63, 3.8) is 0 Å². The molecule has 1 saturated carbocycles. The highest BCUT2D eigenvalue weighted by molar-refractivity contribution is 4.81. The van der Waals surface area contributed by atoms with Crippen LogP contribution in [0.4, 0.5) is 0 Å². The van der Waals surface area contributed by atoms with Crippen LogP contribution in [0.25, 0.3) is 0 Å². The molecule has 1 aliphatic rings. The molecule has 2 atom stereocenters. The first kappa shape index (κ1) is 9.01. The maximum absolute atomic E-state index is 8.89. The highest BCUT2D eigenvalue weighted by atomic mass is 16.3. The van der Waals surface area contributed by atoms with Crippen LogP contribution in [0.1, 0.15) is 26.7 Å². The van der Waals surface area contributed by atoms with Crippen LogP contribution in [0.5, 0.6) is 0 Å². The zero-order chi connectivity index (χ0) is 8.27. The molecule has 1 fully saturated rings. The molecule has 0 heterocycles. The summed E-state index contributed by atoms with van der Waals surface area (Å²) in [4.78, 5) is 0. The van der Waals surface area contributed by atoms with Gasteiger partial charge in [0, 0.05) is 12.6 Å². The van der Waals surface area contributed by atoms with Crippen molar-refractivity contribution in [3.8, 4) is 0 Å². The van der Waals surface area contributed by atoms with Gasteiger partial charge >= 0.3 is 0 Å². The van der Waals surface area contributed by atoms with Gasteiger partial charge in [-0.05, 0) is 31.2 Å². The highest BCUT2D eigenvalue weighted by Gasteiger charge is 2.29. The van der Waals surface area contributed by atoms with Gasteiger partial charge in [0.2, 0.25) is 0 Å². The molecule has 0 aromatic carbocycles. The van der Waals surface area contributed by atoms with E-state index in [0.29, 0.717) is 18.6 Å². The summed E-state index contributed by atoms with van der Waals surface area (Å²) in [6.07, 6.45) is 2.52. The van der Waals surface area contributed by atoms with Gasteiger partial charge in [-0.25, -0.2) is 0 Å². The maximum atomic E-state index is 8.89. The van der Waals surface area contributed by atoms with Crippen molar-refractivity contribution in [2.24, 2.45) is 11.8 Å². The van der Waals surface area contributed by atoms with Crippen molar-refractivity contribution in [1.82, 2.24) is 5.32 Å². The van der Waals surface area contributed by atoms with E-state index in [1.165, 1.54) is 12.8 Å². The van der Waals surface area contributed by atoms with Crippen LogP contribution in [0.2, 0.25) is 0 Å². The molecular formula is C9H19NO. The van der Waals surface area contributed by atoms with E-state index in [1.807, 2.05) is 0 Å². The second-order valence-corrected chi connectivity index (χ2v) is 3.84. The van der Waals surface area contributed by atoms with E-state index in [4.69, 9.17) is 5.11 Å². The molecule has 0 bridgehead atoms. The summed E-state index contributed by atoms with van der Waals surface area (Å²) in [6.45, 7) is 5.78. The third-order valence-corrected chi connectivity index (χ3v) is 2.60. The average Bonchev–Trinajstić information content (AvgIpc) is 1.86. The molecule has 2 heteroatoms. The van der Waals surface area contributed by atoms with Gasteiger partial charge in [0.25, 0.3) is 0 Å². The molecule has 0 aromatic heterocycles. The molecule has 0 spiro atoms. The van der Waals surface area contributed by atoms with Crippen molar-refractivity contribution < 1.29 is 5.11 Å². The summed E-state index contributed by atoms with van der Waals surface area (Å²) in [5.74, 6) is 1.32. The predicted molar refractivity (Wildman–Crippen MR) is 46.4 cm³/mol. The fourth-order valence-corrected chi connectivity index (χ4v) is 1.53. The summed E-state index contributed by atoms with van der Waals surface area (Å²) in [5.41, 5.74) is 0. The topological polar surface area (TPSA) is 32.3 Å². The molecule has 0 aromatic rings. The van der Waals surface area contributed by atoms with E-state index in [1.54, 1.807) is 0 Å². The lowest BCUT2D eigenvalue weighted by molar-refractivity contribution is 0.0889. The van der Waals surface area contributed by atoms with E-state index >= 15 is 0 Å².